The zero-order chi connectivity index (χ0) is 24.6. The Hall–Kier alpha value is -3.65. The molecule has 0 bridgehead atoms. The fourth-order valence-corrected chi connectivity index (χ4v) is 4.19. The second-order valence-corrected chi connectivity index (χ2v) is 9.19. The molecule has 1 heterocycles. The van der Waals surface area contributed by atoms with E-state index in [9.17, 15) is 9.59 Å². The number of nitrogens with one attached hydrogen (secondary N) is 3. The molecule has 4 rings (SSSR count). The quantitative estimate of drug-likeness (QED) is 0.416. The van der Waals surface area contributed by atoms with E-state index in [2.05, 4.69) is 20.8 Å². The Morgan fingerprint density at radius 3 is 2.66 bits per heavy atom. The number of ether oxygens (including phenoxy) is 1. The van der Waals surface area contributed by atoms with Gasteiger partial charge in [-0.15, -0.1) is 0 Å². The zero-order valence-electron chi connectivity index (χ0n) is 20.3. The van der Waals surface area contributed by atoms with E-state index >= 15 is 0 Å². The summed E-state index contributed by atoms with van der Waals surface area (Å²) in [6, 6.07) is 13.2. The Labute approximate surface area is 206 Å². The normalized spacial score (nSPS) is 13.7. The number of amides is 2. The molecule has 1 aliphatic rings. The Kier molecular flexibility index (Phi) is 8.15. The number of rotatable bonds is 10. The summed E-state index contributed by atoms with van der Waals surface area (Å²) in [7, 11) is 3.95. The van der Waals surface area contributed by atoms with E-state index in [1.54, 1.807) is 24.5 Å². The average molecular weight is 476 g/mol. The lowest BCUT2D eigenvalue weighted by molar-refractivity contribution is 0.0934. The predicted octanol–water partition coefficient (Wildman–Crippen LogP) is 3.62. The number of likely N-dealkylation sites (N-methyl/N-ethyl adjacent to an activating group) is 1. The van der Waals surface area contributed by atoms with Crippen LogP contribution in [0.15, 0.2) is 54.9 Å². The number of H-pyrrole nitrogens is 1. The summed E-state index contributed by atoms with van der Waals surface area (Å²) < 4.78 is 5.99. The molecule has 0 radical (unpaired) electrons. The van der Waals surface area contributed by atoms with E-state index in [0.29, 0.717) is 30.0 Å². The van der Waals surface area contributed by atoms with Crippen molar-refractivity contribution in [3.63, 3.8) is 0 Å². The third-order valence-electron chi connectivity index (χ3n) is 6.19. The van der Waals surface area contributed by atoms with Gasteiger partial charge in [-0.1, -0.05) is 31.0 Å². The van der Waals surface area contributed by atoms with Gasteiger partial charge in [0.15, 0.2) is 0 Å². The van der Waals surface area contributed by atoms with E-state index < -0.39 is 0 Å². The van der Waals surface area contributed by atoms with Crippen molar-refractivity contribution in [2.24, 2.45) is 0 Å². The van der Waals surface area contributed by atoms with Gasteiger partial charge < -0.3 is 20.3 Å². The minimum Gasteiger partial charge on any atom is -0.491 e. The van der Waals surface area contributed by atoms with Gasteiger partial charge in [0.2, 0.25) is 0 Å². The summed E-state index contributed by atoms with van der Waals surface area (Å²) in [6.45, 7) is 1.50. The van der Waals surface area contributed by atoms with Crippen molar-refractivity contribution >= 4 is 11.8 Å². The fourth-order valence-electron chi connectivity index (χ4n) is 4.19. The molecule has 0 unspecified atom stereocenters. The lowest BCUT2D eigenvalue weighted by atomic mass is 10.1. The van der Waals surface area contributed by atoms with Crippen LogP contribution in [-0.2, 0) is 6.54 Å². The minimum absolute atomic E-state index is 0.0588. The van der Waals surface area contributed by atoms with E-state index in [1.807, 2.05) is 49.3 Å². The van der Waals surface area contributed by atoms with Gasteiger partial charge in [-0.05, 0) is 62.3 Å². The molecule has 2 amide bonds. The van der Waals surface area contributed by atoms with Crippen molar-refractivity contribution in [2.75, 3.05) is 27.2 Å². The monoisotopic (exact) mass is 475 g/mol. The lowest BCUT2D eigenvalue weighted by Gasteiger charge is -2.15. The zero-order valence-corrected chi connectivity index (χ0v) is 20.3. The summed E-state index contributed by atoms with van der Waals surface area (Å²) >= 11 is 0. The lowest BCUT2D eigenvalue weighted by Crippen LogP contribution is -2.32. The largest absolute Gasteiger partial charge is 0.491 e. The molecule has 1 saturated carbocycles. The van der Waals surface area contributed by atoms with Crippen molar-refractivity contribution in [1.29, 1.82) is 0 Å². The third-order valence-corrected chi connectivity index (χ3v) is 6.19. The van der Waals surface area contributed by atoms with Gasteiger partial charge in [0, 0.05) is 36.5 Å². The maximum atomic E-state index is 13.1. The second-order valence-electron chi connectivity index (χ2n) is 9.19. The van der Waals surface area contributed by atoms with Crippen molar-refractivity contribution < 1.29 is 14.3 Å². The Morgan fingerprint density at radius 1 is 1.09 bits per heavy atom. The fraction of sp³-hybridized carbons (Fsp3) is 0.370. The second kappa shape index (κ2) is 11.7. The van der Waals surface area contributed by atoms with Crippen molar-refractivity contribution in [1.82, 2.24) is 25.7 Å². The molecule has 1 aliphatic carbocycles. The molecule has 0 saturated heterocycles. The van der Waals surface area contributed by atoms with Gasteiger partial charge in [-0.3, -0.25) is 14.7 Å². The van der Waals surface area contributed by atoms with Gasteiger partial charge in [0.05, 0.1) is 11.8 Å². The highest BCUT2D eigenvalue weighted by molar-refractivity contribution is 5.98. The van der Waals surface area contributed by atoms with Gasteiger partial charge in [0.1, 0.15) is 12.4 Å². The molecule has 3 aromatic rings. The van der Waals surface area contributed by atoms with Gasteiger partial charge in [0.25, 0.3) is 11.8 Å². The van der Waals surface area contributed by atoms with Crippen molar-refractivity contribution in [3.8, 4) is 16.9 Å². The first kappa shape index (κ1) is 24.5. The number of carbonyl (C=O) groups is 2. The highest BCUT2D eigenvalue weighted by Gasteiger charge is 2.18. The number of hydrogen-bond donors (Lipinski definition) is 3. The molecular weight excluding hydrogens is 442 g/mol. The highest BCUT2D eigenvalue weighted by atomic mass is 16.5. The highest BCUT2D eigenvalue weighted by Crippen LogP contribution is 2.27. The molecule has 0 aliphatic heterocycles. The smallest absolute Gasteiger partial charge is 0.255 e. The summed E-state index contributed by atoms with van der Waals surface area (Å²) in [4.78, 5) is 27.7. The van der Waals surface area contributed by atoms with Crippen LogP contribution in [0.4, 0.5) is 0 Å². The number of hydrogen-bond acceptors (Lipinski definition) is 5. The maximum Gasteiger partial charge on any atom is 0.255 e. The number of carbonyl (C=O) groups excluding carboxylic acids is 2. The molecule has 1 fully saturated rings. The Morgan fingerprint density at radius 2 is 1.91 bits per heavy atom. The van der Waals surface area contributed by atoms with Gasteiger partial charge in [-0.2, -0.15) is 5.10 Å². The van der Waals surface area contributed by atoms with E-state index in [4.69, 9.17) is 4.74 Å². The minimum atomic E-state index is -0.232. The molecule has 35 heavy (non-hydrogen) atoms. The van der Waals surface area contributed by atoms with Gasteiger partial charge >= 0.3 is 0 Å². The van der Waals surface area contributed by atoms with E-state index in [1.165, 1.54) is 12.8 Å². The van der Waals surface area contributed by atoms with Gasteiger partial charge in [-0.25, -0.2) is 0 Å². The summed E-state index contributed by atoms with van der Waals surface area (Å²) in [5, 5.41) is 12.9. The number of aromatic nitrogens is 2. The van der Waals surface area contributed by atoms with Crippen LogP contribution in [0.2, 0.25) is 0 Å². The molecule has 3 N–H and O–H groups in total. The topological polar surface area (TPSA) is 99.3 Å². The Balaban J connectivity index is 1.43. The van der Waals surface area contributed by atoms with E-state index in [-0.39, 0.29) is 17.9 Å². The average Bonchev–Trinajstić information content (AvgIpc) is 3.57. The summed E-state index contributed by atoms with van der Waals surface area (Å²) in [5.41, 5.74) is 3.77. The standard InChI is InChI=1S/C27H33N5O3/c1-32(2)12-13-35-25-15-20(22-17-29-30-18-22)10-11-24(25)27(34)28-16-19-6-5-7-21(14-19)26(33)31-23-8-3-4-9-23/h5-7,10-11,14-15,17-18,23H,3-4,8-9,12-13,16H2,1-2H3,(H,28,34)(H,29,30)(H,31,33). The summed E-state index contributed by atoms with van der Waals surface area (Å²) in [6.07, 6.45) is 7.95. The van der Waals surface area contributed by atoms with Crippen LogP contribution in [-0.4, -0.2) is 60.2 Å². The van der Waals surface area contributed by atoms with Crippen molar-refractivity contribution in [3.05, 3.63) is 71.5 Å². The SMILES string of the molecule is CN(C)CCOc1cc(-c2cn[nH]c2)ccc1C(=O)NCc1cccc(C(=O)NC2CCCC2)c1. The van der Waals surface area contributed by atoms with Crippen molar-refractivity contribution in [2.45, 2.75) is 38.3 Å². The molecule has 0 spiro atoms. The predicted molar refractivity (Wildman–Crippen MR) is 135 cm³/mol. The third kappa shape index (κ3) is 6.70. The molecule has 8 nitrogen and oxygen atoms in total. The van der Waals surface area contributed by atoms with Crippen LogP contribution in [0, 0.1) is 0 Å². The maximum absolute atomic E-state index is 13.1. The molecular formula is C27H33N5O3. The van der Waals surface area contributed by atoms with E-state index in [0.717, 1.165) is 36.1 Å². The number of benzene rings is 2. The molecule has 2 aromatic carbocycles. The first-order valence-electron chi connectivity index (χ1n) is 12.1. The number of nitrogens with zero attached hydrogens (tertiary/aromatic N) is 2. The first-order valence-corrected chi connectivity index (χ1v) is 12.1. The van der Waals surface area contributed by atoms with Crippen LogP contribution in [0.25, 0.3) is 11.1 Å². The van der Waals surface area contributed by atoms with Crippen LogP contribution < -0.4 is 15.4 Å². The summed E-state index contributed by atoms with van der Waals surface area (Å²) in [5.74, 6) is 0.230. The first-order chi connectivity index (χ1) is 17.0. The molecule has 1 aromatic heterocycles. The van der Waals surface area contributed by atoms with Crippen LogP contribution in [0.5, 0.6) is 5.75 Å². The van der Waals surface area contributed by atoms with Crippen LogP contribution in [0.1, 0.15) is 52.0 Å². The van der Waals surface area contributed by atoms with Crippen LogP contribution >= 0.6 is 0 Å². The molecule has 8 heteroatoms. The van der Waals surface area contributed by atoms with Crippen LogP contribution in [0.3, 0.4) is 0 Å². The Bertz CT molecular complexity index is 1140. The molecule has 184 valence electrons. The number of aromatic amines is 1. The molecule has 0 atom stereocenters.